The molecule has 1 atom stereocenters. The maximum Gasteiger partial charge on any atom is 0.483 e. The summed E-state index contributed by atoms with van der Waals surface area (Å²) in [5.74, 6) is -19.0. The maximum atomic E-state index is 14.5. The van der Waals surface area contributed by atoms with Gasteiger partial charge in [0.25, 0.3) is 0 Å². The van der Waals surface area contributed by atoms with E-state index in [1.807, 2.05) is 0 Å². The lowest BCUT2D eigenvalue weighted by molar-refractivity contribution is -0.193. The minimum absolute atomic E-state index is 0.00382. The van der Waals surface area contributed by atoms with Gasteiger partial charge in [-0.3, -0.25) is 9.69 Å². The second-order valence-electron chi connectivity index (χ2n) is 6.30. The fourth-order valence-corrected chi connectivity index (χ4v) is 3.05. The van der Waals surface area contributed by atoms with Gasteiger partial charge in [-0.2, -0.15) is 8.78 Å². The van der Waals surface area contributed by atoms with Crippen molar-refractivity contribution in [2.45, 2.75) is 25.5 Å². The Morgan fingerprint density at radius 3 is 2.03 bits per heavy atom. The van der Waals surface area contributed by atoms with Crippen molar-refractivity contribution >= 4 is 17.6 Å². The summed E-state index contributed by atoms with van der Waals surface area (Å²) in [7, 11) is 0. The molecular weight excluding hydrogens is 446 g/mol. The molecule has 0 saturated heterocycles. The predicted molar refractivity (Wildman–Crippen MR) is 86.4 cm³/mol. The van der Waals surface area contributed by atoms with Crippen LogP contribution in [0.25, 0.3) is 11.1 Å². The molecule has 0 saturated carbocycles. The monoisotopic (exact) mass is 455 g/mol. The van der Waals surface area contributed by atoms with E-state index in [0.29, 0.717) is 6.07 Å². The van der Waals surface area contributed by atoms with E-state index in [0.717, 1.165) is 0 Å². The normalized spacial score (nSPS) is 16.0. The van der Waals surface area contributed by atoms with E-state index < -0.39 is 87.9 Å². The minimum atomic E-state index is -4.62. The molecule has 1 heterocycles. The van der Waals surface area contributed by atoms with E-state index in [2.05, 4.69) is 4.74 Å². The quantitative estimate of drug-likeness (QED) is 0.423. The van der Waals surface area contributed by atoms with Crippen LogP contribution in [0.2, 0.25) is 0 Å². The number of nitrogens with zero attached hydrogens (tertiary/aromatic N) is 1. The number of carboxylic acid groups (broad SMARTS) is 1. The number of hydrogen-bond acceptors (Lipinski definition) is 3. The summed E-state index contributed by atoms with van der Waals surface area (Å²) in [5.41, 5.74) is -3.92. The molecule has 13 heteroatoms. The molecule has 0 aromatic heterocycles. The van der Waals surface area contributed by atoms with Crippen molar-refractivity contribution in [3.8, 4) is 16.9 Å². The first-order valence-electron chi connectivity index (χ1n) is 8.32. The summed E-state index contributed by atoms with van der Waals surface area (Å²) < 4.78 is 115. The highest BCUT2D eigenvalue weighted by molar-refractivity contribution is 6.05. The number of hydrogen-bond donors (Lipinski definition) is 1. The van der Waals surface area contributed by atoms with E-state index >= 15 is 0 Å². The third-order valence-corrected chi connectivity index (χ3v) is 4.48. The number of fused-ring (bicyclic) bond motifs is 1. The Hall–Kier alpha value is -3.38. The fourth-order valence-electron chi connectivity index (χ4n) is 3.05. The average Bonchev–Trinajstić information content (AvgIpc) is 2.69. The van der Waals surface area contributed by atoms with Crippen LogP contribution in [0.3, 0.4) is 0 Å². The molecule has 0 bridgehead atoms. The standard InChI is InChI=1S/C18H9F8NO4/c1-2-7(16(28)29)27-8-3-5(6(19)4-9(8)31-18(25,26)17(27)30)10-11(20)13(22)15(24)14(23)12(10)21/h3-4,7H,2H2,1H3,(H,28,29). The van der Waals surface area contributed by atoms with Gasteiger partial charge in [-0.15, -0.1) is 0 Å². The van der Waals surface area contributed by atoms with Gasteiger partial charge >= 0.3 is 18.0 Å². The number of alkyl halides is 2. The summed E-state index contributed by atoms with van der Waals surface area (Å²) in [5, 5.41) is 9.26. The molecule has 2 aromatic carbocycles. The zero-order chi connectivity index (χ0) is 23.4. The van der Waals surface area contributed by atoms with E-state index in [9.17, 15) is 49.8 Å². The lowest BCUT2D eigenvalue weighted by atomic mass is 9.99. The van der Waals surface area contributed by atoms with E-state index in [4.69, 9.17) is 0 Å². The van der Waals surface area contributed by atoms with Crippen LogP contribution >= 0.6 is 0 Å². The van der Waals surface area contributed by atoms with Crippen molar-refractivity contribution in [1.82, 2.24) is 0 Å². The van der Waals surface area contributed by atoms with Crippen LogP contribution in [0.5, 0.6) is 5.75 Å². The number of benzene rings is 2. The molecule has 31 heavy (non-hydrogen) atoms. The molecule has 1 aliphatic heterocycles. The number of aliphatic carboxylic acids is 1. The molecule has 1 aliphatic rings. The Bertz CT molecular complexity index is 1090. The van der Waals surface area contributed by atoms with Crippen LogP contribution in [-0.4, -0.2) is 29.1 Å². The summed E-state index contributed by atoms with van der Waals surface area (Å²) in [6.45, 7) is 1.20. The molecule has 0 spiro atoms. The Balaban J connectivity index is 2.35. The molecule has 1 N–H and O–H groups in total. The first-order valence-corrected chi connectivity index (χ1v) is 8.32. The summed E-state index contributed by atoms with van der Waals surface area (Å²) >= 11 is 0. The largest absolute Gasteiger partial charge is 0.483 e. The van der Waals surface area contributed by atoms with Crippen molar-refractivity contribution in [3.05, 3.63) is 47.0 Å². The summed E-state index contributed by atoms with van der Waals surface area (Å²) in [6, 6.07) is -1.54. The highest BCUT2D eigenvalue weighted by atomic mass is 19.3. The molecule has 1 unspecified atom stereocenters. The lowest BCUT2D eigenvalue weighted by Gasteiger charge is -2.36. The van der Waals surface area contributed by atoms with Gasteiger partial charge in [-0.1, -0.05) is 6.92 Å². The molecule has 0 aliphatic carbocycles. The van der Waals surface area contributed by atoms with Gasteiger partial charge in [0.2, 0.25) is 5.82 Å². The van der Waals surface area contributed by atoms with Gasteiger partial charge in [0.05, 0.1) is 11.3 Å². The lowest BCUT2D eigenvalue weighted by Crippen LogP contribution is -2.56. The Morgan fingerprint density at radius 2 is 1.55 bits per heavy atom. The number of carbonyl (C=O) groups is 2. The first kappa shape index (κ1) is 22.3. The molecule has 5 nitrogen and oxygen atoms in total. The van der Waals surface area contributed by atoms with Gasteiger partial charge in [-0.05, 0) is 12.5 Å². The van der Waals surface area contributed by atoms with Crippen LogP contribution in [0.1, 0.15) is 13.3 Å². The highest BCUT2D eigenvalue weighted by Gasteiger charge is 2.53. The van der Waals surface area contributed by atoms with Crippen molar-refractivity contribution in [1.29, 1.82) is 0 Å². The second-order valence-corrected chi connectivity index (χ2v) is 6.30. The summed E-state index contributed by atoms with van der Waals surface area (Å²) in [4.78, 5) is 23.5. The first-order chi connectivity index (χ1) is 14.3. The Morgan fingerprint density at radius 1 is 1.03 bits per heavy atom. The van der Waals surface area contributed by atoms with Crippen LogP contribution in [-0.2, 0) is 9.59 Å². The molecule has 2 aromatic rings. The number of amides is 1. The number of ether oxygens (including phenoxy) is 1. The fraction of sp³-hybridized carbons (Fsp3) is 0.222. The van der Waals surface area contributed by atoms with Crippen molar-refractivity contribution in [3.63, 3.8) is 0 Å². The Labute approximate surface area is 167 Å². The molecule has 0 radical (unpaired) electrons. The van der Waals surface area contributed by atoms with Crippen LogP contribution < -0.4 is 9.64 Å². The smallest absolute Gasteiger partial charge is 0.480 e. The van der Waals surface area contributed by atoms with E-state index in [1.54, 1.807) is 0 Å². The van der Waals surface area contributed by atoms with Gasteiger partial charge in [0, 0.05) is 11.6 Å². The SMILES string of the molecule is CCC(C(=O)O)N1C(=O)C(F)(F)Oc2cc(F)c(-c3c(F)c(F)c(F)c(F)c3F)cc21. The zero-order valence-corrected chi connectivity index (χ0v) is 15.1. The van der Waals surface area contributed by atoms with Crippen molar-refractivity contribution in [2.24, 2.45) is 0 Å². The molecule has 1 amide bonds. The topological polar surface area (TPSA) is 66.8 Å². The predicted octanol–water partition coefficient (Wildman–Crippen LogP) is 4.37. The number of carbonyl (C=O) groups excluding carboxylic acids is 1. The number of rotatable bonds is 4. The highest BCUT2D eigenvalue weighted by Crippen LogP contribution is 2.45. The van der Waals surface area contributed by atoms with E-state index in [-0.39, 0.29) is 11.0 Å². The van der Waals surface area contributed by atoms with Gasteiger partial charge in [0.15, 0.2) is 29.0 Å². The van der Waals surface area contributed by atoms with Crippen molar-refractivity contribution in [2.75, 3.05) is 4.90 Å². The Kier molecular flexibility index (Phi) is 5.32. The molecule has 166 valence electrons. The third kappa shape index (κ3) is 3.33. The van der Waals surface area contributed by atoms with Crippen LogP contribution in [0, 0.1) is 34.9 Å². The zero-order valence-electron chi connectivity index (χ0n) is 15.1. The molecule has 3 rings (SSSR count). The maximum absolute atomic E-state index is 14.5. The van der Waals surface area contributed by atoms with Crippen molar-refractivity contribution < 1.29 is 54.6 Å². The third-order valence-electron chi connectivity index (χ3n) is 4.48. The number of halogens is 8. The van der Waals surface area contributed by atoms with Crippen LogP contribution in [0.4, 0.5) is 40.8 Å². The van der Waals surface area contributed by atoms with Gasteiger partial charge in [-0.25, -0.2) is 31.1 Å². The number of carboxylic acids is 1. The van der Waals surface area contributed by atoms with Gasteiger partial charge < -0.3 is 9.84 Å². The van der Waals surface area contributed by atoms with E-state index in [1.165, 1.54) is 6.92 Å². The second kappa shape index (κ2) is 7.39. The minimum Gasteiger partial charge on any atom is -0.480 e. The summed E-state index contributed by atoms with van der Waals surface area (Å²) in [6.07, 6.45) is -5.06. The van der Waals surface area contributed by atoms with Crippen LogP contribution in [0.15, 0.2) is 12.1 Å². The number of anilines is 1. The molecule has 0 fully saturated rings. The van der Waals surface area contributed by atoms with Gasteiger partial charge in [0.1, 0.15) is 11.9 Å². The average molecular weight is 455 g/mol. The molecular formula is C18H9F8NO4.